The zero-order valence-electron chi connectivity index (χ0n) is 15.9. The average Bonchev–Trinajstić information content (AvgIpc) is 3.55. The maximum atomic E-state index is 5.85. The van der Waals surface area contributed by atoms with Crippen LogP contribution in [0.2, 0.25) is 0 Å². The lowest BCUT2D eigenvalue weighted by atomic mass is 10.2. The van der Waals surface area contributed by atoms with Crippen molar-refractivity contribution in [3.63, 3.8) is 0 Å². The van der Waals surface area contributed by atoms with E-state index in [1.54, 1.807) is 18.4 Å². The van der Waals surface area contributed by atoms with Gasteiger partial charge >= 0.3 is 0 Å². The minimum atomic E-state index is 0.195. The van der Waals surface area contributed by atoms with Crippen LogP contribution in [0.5, 0.6) is 0 Å². The first-order chi connectivity index (χ1) is 14.4. The molecule has 0 spiro atoms. The van der Waals surface area contributed by atoms with Crippen molar-refractivity contribution in [2.24, 2.45) is 0 Å². The molecule has 3 aromatic rings. The SMILES string of the molecule is c1coc(-c2nc(CSc3nnc(N4CCOCC4)n3C[C@H]3CCCO3)no2)c1. The van der Waals surface area contributed by atoms with Gasteiger partial charge in [-0.05, 0) is 25.0 Å². The van der Waals surface area contributed by atoms with Gasteiger partial charge in [-0.15, -0.1) is 10.2 Å². The fourth-order valence-corrected chi connectivity index (χ4v) is 4.26. The fourth-order valence-electron chi connectivity index (χ4n) is 3.48. The number of rotatable bonds is 7. The van der Waals surface area contributed by atoms with Crippen LogP contribution < -0.4 is 4.90 Å². The van der Waals surface area contributed by atoms with Gasteiger partial charge < -0.3 is 23.3 Å². The van der Waals surface area contributed by atoms with Crippen LogP contribution in [0.1, 0.15) is 18.7 Å². The van der Waals surface area contributed by atoms with E-state index in [9.17, 15) is 0 Å². The second-order valence-electron chi connectivity index (χ2n) is 6.91. The van der Waals surface area contributed by atoms with Crippen LogP contribution in [-0.4, -0.2) is 63.9 Å². The number of aromatic nitrogens is 5. The van der Waals surface area contributed by atoms with Crippen LogP contribution in [0.4, 0.5) is 5.95 Å². The summed E-state index contributed by atoms with van der Waals surface area (Å²) in [6, 6.07) is 3.58. The van der Waals surface area contributed by atoms with E-state index in [2.05, 4.69) is 29.8 Å². The van der Waals surface area contributed by atoms with Crippen LogP contribution in [0.25, 0.3) is 11.7 Å². The summed E-state index contributed by atoms with van der Waals surface area (Å²) in [4.78, 5) is 6.62. The number of hydrogen-bond donors (Lipinski definition) is 0. The zero-order valence-corrected chi connectivity index (χ0v) is 16.7. The Kier molecular flexibility index (Phi) is 5.50. The molecule has 2 fully saturated rings. The van der Waals surface area contributed by atoms with Crippen molar-refractivity contribution in [1.29, 1.82) is 0 Å². The van der Waals surface area contributed by atoms with Crippen molar-refractivity contribution in [3.8, 4) is 11.7 Å². The first-order valence-corrected chi connectivity index (χ1v) is 10.7. The largest absolute Gasteiger partial charge is 0.459 e. The third-order valence-corrected chi connectivity index (χ3v) is 5.89. The lowest BCUT2D eigenvalue weighted by Crippen LogP contribution is -2.38. The third kappa shape index (κ3) is 4.16. The van der Waals surface area contributed by atoms with Gasteiger partial charge in [-0.25, -0.2) is 0 Å². The molecule has 0 aliphatic carbocycles. The highest BCUT2D eigenvalue weighted by molar-refractivity contribution is 7.98. The summed E-state index contributed by atoms with van der Waals surface area (Å²) in [7, 11) is 0. The van der Waals surface area contributed by atoms with E-state index in [0.717, 1.165) is 50.2 Å². The van der Waals surface area contributed by atoms with Crippen LogP contribution in [0, 0.1) is 0 Å². The minimum Gasteiger partial charge on any atom is -0.459 e. The van der Waals surface area contributed by atoms with Crippen LogP contribution in [0.3, 0.4) is 0 Å². The Bertz CT molecular complexity index is 915. The summed E-state index contributed by atoms with van der Waals surface area (Å²) in [5.74, 6) is 2.92. The topological polar surface area (TPSA) is 104 Å². The van der Waals surface area contributed by atoms with Gasteiger partial charge in [-0.3, -0.25) is 4.57 Å². The Morgan fingerprint density at radius 3 is 2.90 bits per heavy atom. The number of hydrogen-bond acceptors (Lipinski definition) is 10. The van der Waals surface area contributed by atoms with Gasteiger partial charge in [0.25, 0.3) is 5.89 Å². The summed E-state index contributed by atoms with van der Waals surface area (Å²) in [6.07, 6.45) is 3.93. The van der Waals surface area contributed by atoms with Gasteiger partial charge in [0, 0.05) is 19.7 Å². The summed E-state index contributed by atoms with van der Waals surface area (Å²) < 4.78 is 24.1. The van der Waals surface area contributed by atoms with E-state index in [0.29, 0.717) is 36.4 Å². The molecule has 0 amide bonds. The Balaban J connectivity index is 1.32. The number of thioether (sulfide) groups is 1. The van der Waals surface area contributed by atoms with Gasteiger partial charge in [0.1, 0.15) is 0 Å². The van der Waals surface area contributed by atoms with Crippen molar-refractivity contribution in [1.82, 2.24) is 24.9 Å². The molecule has 29 heavy (non-hydrogen) atoms. The van der Waals surface area contributed by atoms with E-state index >= 15 is 0 Å². The monoisotopic (exact) mass is 418 g/mol. The van der Waals surface area contributed by atoms with Crippen LogP contribution in [-0.2, 0) is 21.8 Å². The molecule has 154 valence electrons. The Morgan fingerprint density at radius 1 is 1.17 bits per heavy atom. The minimum absolute atomic E-state index is 0.195. The highest BCUT2D eigenvalue weighted by Crippen LogP contribution is 2.28. The molecule has 11 heteroatoms. The molecule has 10 nitrogen and oxygen atoms in total. The summed E-state index contributed by atoms with van der Waals surface area (Å²) in [5, 5.41) is 13.8. The van der Waals surface area contributed by atoms with E-state index in [1.165, 1.54) is 11.8 Å². The number of anilines is 1. The normalized spacial score (nSPS) is 19.9. The van der Waals surface area contributed by atoms with E-state index in [4.69, 9.17) is 18.4 Å². The van der Waals surface area contributed by atoms with Crippen molar-refractivity contribution in [2.75, 3.05) is 37.8 Å². The molecule has 2 aliphatic heterocycles. The summed E-state index contributed by atoms with van der Waals surface area (Å²) >= 11 is 1.54. The van der Waals surface area contributed by atoms with Gasteiger partial charge in [-0.2, -0.15) is 4.98 Å². The fraction of sp³-hybridized carbons (Fsp3) is 0.556. The summed E-state index contributed by atoms with van der Waals surface area (Å²) in [6.45, 7) is 4.59. The van der Waals surface area contributed by atoms with E-state index in [1.807, 2.05) is 0 Å². The third-order valence-electron chi connectivity index (χ3n) is 4.93. The number of morpholine rings is 1. The predicted octanol–water partition coefficient (Wildman–Crippen LogP) is 2.23. The first-order valence-electron chi connectivity index (χ1n) is 9.73. The zero-order chi connectivity index (χ0) is 19.5. The molecule has 2 saturated heterocycles. The molecular formula is C18H22N6O4S. The Morgan fingerprint density at radius 2 is 2.10 bits per heavy atom. The molecule has 2 aliphatic rings. The van der Waals surface area contributed by atoms with Crippen molar-refractivity contribution < 1.29 is 18.4 Å². The van der Waals surface area contributed by atoms with E-state index < -0.39 is 0 Å². The molecule has 0 radical (unpaired) electrons. The molecule has 0 saturated carbocycles. The van der Waals surface area contributed by atoms with Gasteiger partial charge in [0.15, 0.2) is 16.7 Å². The van der Waals surface area contributed by atoms with E-state index in [-0.39, 0.29) is 6.10 Å². The quantitative estimate of drug-likeness (QED) is 0.530. The molecule has 0 aromatic carbocycles. The predicted molar refractivity (Wildman–Crippen MR) is 104 cm³/mol. The molecule has 3 aromatic heterocycles. The number of nitrogens with zero attached hydrogens (tertiary/aromatic N) is 6. The van der Waals surface area contributed by atoms with Crippen LogP contribution >= 0.6 is 11.8 Å². The van der Waals surface area contributed by atoms with Gasteiger partial charge in [0.2, 0.25) is 5.95 Å². The summed E-state index contributed by atoms with van der Waals surface area (Å²) in [5.41, 5.74) is 0. The van der Waals surface area contributed by atoms with Crippen LogP contribution in [0.15, 0.2) is 32.5 Å². The molecule has 0 bridgehead atoms. The molecule has 5 heterocycles. The average molecular weight is 418 g/mol. The maximum absolute atomic E-state index is 5.85. The van der Waals surface area contributed by atoms with Gasteiger partial charge in [-0.1, -0.05) is 16.9 Å². The second kappa shape index (κ2) is 8.56. The molecule has 0 unspecified atom stereocenters. The molecule has 1 atom stereocenters. The standard InChI is InChI=1S/C18H22N6O4S/c1-3-13(26-7-1)11-24-17(23-5-9-25-10-6-23)20-21-18(24)29-12-15-19-16(28-22-15)14-4-2-8-27-14/h2,4,8,13H,1,3,5-7,9-12H2/t13-/m1/s1. The maximum Gasteiger partial charge on any atom is 0.293 e. The smallest absolute Gasteiger partial charge is 0.293 e. The van der Waals surface area contributed by atoms with Crippen molar-refractivity contribution in [3.05, 3.63) is 24.2 Å². The lowest BCUT2D eigenvalue weighted by molar-refractivity contribution is 0.0942. The number of furan rings is 1. The molecule has 0 N–H and O–H groups in total. The molecule has 5 rings (SSSR count). The lowest BCUT2D eigenvalue weighted by Gasteiger charge is -2.28. The second-order valence-corrected chi connectivity index (χ2v) is 7.85. The van der Waals surface area contributed by atoms with Crippen molar-refractivity contribution >= 4 is 17.7 Å². The number of ether oxygens (including phenoxy) is 2. The first kappa shape index (κ1) is 18.6. The highest BCUT2D eigenvalue weighted by atomic mass is 32.2. The Labute approximate surface area is 171 Å². The molecular weight excluding hydrogens is 396 g/mol. The highest BCUT2D eigenvalue weighted by Gasteiger charge is 2.25. The Hall–Kier alpha value is -2.37. The van der Waals surface area contributed by atoms with Gasteiger partial charge in [0.05, 0.1) is 37.9 Å². The van der Waals surface area contributed by atoms with Crippen molar-refractivity contribution in [2.45, 2.75) is 36.4 Å².